The Morgan fingerprint density at radius 1 is 0.696 bits per heavy atom. The summed E-state index contributed by atoms with van der Waals surface area (Å²) in [7, 11) is 0. The first-order chi connectivity index (χ1) is 22.2. The molecule has 0 aliphatic rings. The van der Waals surface area contributed by atoms with Gasteiger partial charge in [-0.1, -0.05) is 102 Å². The summed E-state index contributed by atoms with van der Waals surface area (Å²) in [4.78, 5) is 40.7. The predicted molar refractivity (Wildman–Crippen MR) is 188 cm³/mol. The van der Waals surface area contributed by atoms with Crippen molar-refractivity contribution in [2.75, 3.05) is 10.6 Å². The number of hydrogen-bond donors (Lipinski definition) is 3. The minimum Gasteiger partial charge on any atom is -0.325 e. The van der Waals surface area contributed by atoms with Crippen LogP contribution in [0.5, 0.6) is 0 Å². The fraction of sp³-hybridized carbons (Fsp3) is 0.0541. The Bertz CT molecular complexity index is 1840. The van der Waals surface area contributed by atoms with Crippen LogP contribution >= 0.6 is 35.0 Å². The second-order valence-electron chi connectivity index (χ2n) is 10.3. The average Bonchev–Trinajstić information content (AvgIpc) is 3.05. The number of carbonyl (C=O) groups excluding carboxylic acids is 3. The summed E-state index contributed by atoms with van der Waals surface area (Å²) < 4.78 is 0. The maximum atomic E-state index is 13.5. The highest BCUT2D eigenvalue weighted by atomic mass is 35.5. The molecule has 230 valence electrons. The van der Waals surface area contributed by atoms with Crippen molar-refractivity contribution in [3.05, 3.63) is 165 Å². The van der Waals surface area contributed by atoms with E-state index in [0.29, 0.717) is 27.0 Å². The smallest absolute Gasteiger partial charge is 0.272 e. The van der Waals surface area contributed by atoms with Crippen LogP contribution in [0.25, 0.3) is 6.08 Å². The van der Waals surface area contributed by atoms with Crippen molar-refractivity contribution in [1.29, 1.82) is 0 Å². The number of rotatable bonds is 10. The van der Waals surface area contributed by atoms with Gasteiger partial charge in [0.25, 0.3) is 11.8 Å². The van der Waals surface area contributed by atoms with Gasteiger partial charge in [-0.25, -0.2) is 0 Å². The maximum absolute atomic E-state index is 13.5. The number of thioether (sulfide) groups is 1. The highest BCUT2D eigenvalue weighted by Crippen LogP contribution is 2.37. The molecule has 6 nitrogen and oxygen atoms in total. The van der Waals surface area contributed by atoms with Crippen LogP contribution in [-0.2, 0) is 9.59 Å². The predicted octanol–water partition coefficient (Wildman–Crippen LogP) is 9.18. The third-order valence-corrected chi connectivity index (χ3v) is 8.46. The van der Waals surface area contributed by atoms with E-state index in [1.165, 1.54) is 11.8 Å². The van der Waals surface area contributed by atoms with Gasteiger partial charge in [-0.15, -0.1) is 11.8 Å². The standard InChI is InChI=1S/C37H29Cl2N3O3S/c1-24-12-14-25(15-13-24)20-33(42-35(43)27-10-6-3-7-11-27)36(44)40-30-16-18-32(19-17-30)46-34(26-8-4-2-5-9-26)37(45)41-31-22-28(38)21-29(39)23-31/h2-23,34H,1H3,(H,40,44)(H,41,45)(H,42,43)/b33-20-. The third-order valence-electron chi connectivity index (χ3n) is 6.75. The number of halogens is 2. The number of hydrogen-bond acceptors (Lipinski definition) is 4. The van der Waals surface area contributed by atoms with Gasteiger partial charge >= 0.3 is 0 Å². The first-order valence-electron chi connectivity index (χ1n) is 14.3. The summed E-state index contributed by atoms with van der Waals surface area (Å²) in [5.41, 5.74) is 4.20. The van der Waals surface area contributed by atoms with Gasteiger partial charge in [0.15, 0.2) is 0 Å². The van der Waals surface area contributed by atoms with Crippen LogP contribution in [0.15, 0.2) is 138 Å². The molecule has 46 heavy (non-hydrogen) atoms. The van der Waals surface area contributed by atoms with Crippen LogP contribution in [0.2, 0.25) is 10.0 Å². The molecular weight excluding hydrogens is 637 g/mol. The zero-order valence-electron chi connectivity index (χ0n) is 24.7. The molecule has 0 bridgehead atoms. The summed E-state index contributed by atoms with van der Waals surface area (Å²) >= 11 is 13.6. The van der Waals surface area contributed by atoms with E-state index in [-0.39, 0.29) is 11.6 Å². The molecule has 0 saturated heterocycles. The van der Waals surface area contributed by atoms with Gasteiger partial charge in [-0.3, -0.25) is 14.4 Å². The van der Waals surface area contributed by atoms with Crippen molar-refractivity contribution in [3.63, 3.8) is 0 Å². The van der Waals surface area contributed by atoms with E-state index in [0.717, 1.165) is 21.6 Å². The Balaban J connectivity index is 1.33. The number of anilines is 2. The van der Waals surface area contributed by atoms with Crippen molar-refractivity contribution in [3.8, 4) is 0 Å². The molecule has 0 aliphatic heterocycles. The van der Waals surface area contributed by atoms with Gasteiger partial charge in [0.2, 0.25) is 5.91 Å². The number of aryl methyl sites for hydroxylation is 1. The van der Waals surface area contributed by atoms with Gasteiger partial charge in [-0.05, 0) is 78.7 Å². The minimum atomic E-state index is -0.586. The molecule has 3 N–H and O–H groups in total. The highest BCUT2D eigenvalue weighted by molar-refractivity contribution is 8.00. The Hall–Kier alpha value is -4.82. The molecule has 1 unspecified atom stereocenters. The molecule has 0 fully saturated rings. The first-order valence-corrected chi connectivity index (χ1v) is 15.9. The van der Waals surface area contributed by atoms with Crippen molar-refractivity contribution >= 4 is 70.1 Å². The second kappa shape index (κ2) is 15.5. The van der Waals surface area contributed by atoms with Crippen molar-refractivity contribution in [2.24, 2.45) is 0 Å². The average molecular weight is 667 g/mol. The van der Waals surface area contributed by atoms with Gasteiger partial charge in [0.05, 0.1) is 0 Å². The first kappa shape index (κ1) is 32.6. The highest BCUT2D eigenvalue weighted by Gasteiger charge is 2.23. The van der Waals surface area contributed by atoms with E-state index in [1.54, 1.807) is 60.7 Å². The lowest BCUT2D eigenvalue weighted by Gasteiger charge is -2.18. The fourth-order valence-corrected chi connectivity index (χ4v) is 6.01. The van der Waals surface area contributed by atoms with Crippen LogP contribution in [0.3, 0.4) is 0 Å². The Morgan fingerprint density at radius 3 is 1.93 bits per heavy atom. The van der Waals surface area contributed by atoms with Crippen molar-refractivity contribution < 1.29 is 14.4 Å². The van der Waals surface area contributed by atoms with Crippen molar-refractivity contribution in [1.82, 2.24) is 5.32 Å². The molecule has 5 aromatic rings. The SMILES string of the molecule is Cc1ccc(/C=C(\NC(=O)c2ccccc2)C(=O)Nc2ccc(SC(C(=O)Nc3cc(Cl)cc(Cl)c3)c3ccccc3)cc2)cc1. The molecule has 0 spiro atoms. The van der Waals surface area contributed by atoms with Gasteiger partial charge in [-0.2, -0.15) is 0 Å². The van der Waals surface area contributed by atoms with E-state index < -0.39 is 17.1 Å². The molecule has 0 radical (unpaired) electrons. The normalized spacial score (nSPS) is 11.8. The molecular formula is C37H29Cl2N3O3S. The summed E-state index contributed by atoms with van der Waals surface area (Å²) in [5, 5.41) is 8.79. The lowest BCUT2D eigenvalue weighted by atomic mass is 10.1. The lowest BCUT2D eigenvalue weighted by molar-refractivity contribution is -0.116. The molecule has 0 aliphatic carbocycles. The number of nitrogens with one attached hydrogen (secondary N) is 3. The van der Waals surface area contributed by atoms with Gasteiger partial charge < -0.3 is 16.0 Å². The Kier molecular flexibility index (Phi) is 10.9. The molecule has 1 atom stereocenters. The molecule has 5 rings (SSSR count). The minimum absolute atomic E-state index is 0.0955. The monoisotopic (exact) mass is 665 g/mol. The summed E-state index contributed by atoms with van der Waals surface area (Å²) in [5.74, 6) is -1.12. The van der Waals surface area contributed by atoms with E-state index in [4.69, 9.17) is 23.2 Å². The van der Waals surface area contributed by atoms with Crippen LogP contribution in [0.4, 0.5) is 11.4 Å². The van der Waals surface area contributed by atoms with Crippen molar-refractivity contribution in [2.45, 2.75) is 17.1 Å². The summed E-state index contributed by atoms with van der Waals surface area (Å²) in [6, 6.07) is 37.8. The van der Waals surface area contributed by atoms with Crippen LogP contribution in [0, 0.1) is 6.92 Å². The van der Waals surface area contributed by atoms with Gasteiger partial charge in [0, 0.05) is 31.9 Å². The Labute approximate surface area is 281 Å². The number of benzene rings is 5. The van der Waals surface area contributed by atoms with Gasteiger partial charge in [0.1, 0.15) is 10.9 Å². The second-order valence-corrected chi connectivity index (χ2v) is 12.4. The zero-order valence-corrected chi connectivity index (χ0v) is 27.0. The van der Waals surface area contributed by atoms with Crippen LogP contribution in [0.1, 0.15) is 32.3 Å². The molecule has 3 amide bonds. The molecule has 5 aromatic carbocycles. The van der Waals surface area contributed by atoms with Crippen LogP contribution < -0.4 is 16.0 Å². The largest absolute Gasteiger partial charge is 0.325 e. The van der Waals surface area contributed by atoms with E-state index >= 15 is 0 Å². The fourth-order valence-electron chi connectivity index (χ4n) is 4.46. The number of amides is 3. The molecule has 0 aromatic heterocycles. The van der Waals surface area contributed by atoms with E-state index in [2.05, 4.69) is 16.0 Å². The summed E-state index contributed by atoms with van der Waals surface area (Å²) in [6.45, 7) is 1.98. The quantitative estimate of drug-likeness (QED) is 0.103. The molecule has 9 heteroatoms. The zero-order chi connectivity index (χ0) is 32.5. The summed E-state index contributed by atoms with van der Waals surface area (Å²) in [6.07, 6.45) is 1.63. The third kappa shape index (κ3) is 9.11. The van der Waals surface area contributed by atoms with E-state index in [1.807, 2.05) is 79.7 Å². The van der Waals surface area contributed by atoms with Crippen LogP contribution in [-0.4, -0.2) is 17.7 Å². The Morgan fingerprint density at radius 2 is 1.30 bits per heavy atom. The topological polar surface area (TPSA) is 87.3 Å². The lowest BCUT2D eigenvalue weighted by Crippen LogP contribution is -2.30. The molecule has 0 saturated carbocycles. The van der Waals surface area contributed by atoms with E-state index in [9.17, 15) is 14.4 Å². The number of carbonyl (C=O) groups is 3. The maximum Gasteiger partial charge on any atom is 0.272 e. The molecule has 0 heterocycles.